The highest BCUT2D eigenvalue weighted by molar-refractivity contribution is 5.85. The smallest absolute Gasteiger partial charge is 0.0475 e. The Labute approximate surface area is 103 Å². The summed E-state index contributed by atoms with van der Waals surface area (Å²) in [6, 6.07) is 6.75. The molecule has 3 rings (SSSR count). The Kier molecular flexibility index (Phi) is 3.13. The molecule has 1 aromatic rings. The molecular weight excluding hydrogens is 222 g/mol. The molecule has 1 fully saturated rings. The van der Waals surface area contributed by atoms with Gasteiger partial charge in [0.2, 0.25) is 0 Å². The second-order valence-electron chi connectivity index (χ2n) is 4.80. The molecule has 2 aliphatic heterocycles. The van der Waals surface area contributed by atoms with Crippen molar-refractivity contribution in [3.63, 3.8) is 0 Å². The van der Waals surface area contributed by atoms with Gasteiger partial charge in [0.15, 0.2) is 0 Å². The average molecular weight is 240 g/mol. The van der Waals surface area contributed by atoms with E-state index < -0.39 is 0 Å². The Morgan fingerprint density at radius 3 is 2.75 bits per heavy atom. The van der Waals surface area contributed by atoms with E-state index in [9.17, 15) is 0 Å². The summed E-state index contributed by atoms with van der Waals surface area (Å²) in [7, 11) is 0. The van der Waals surface area contributed by atoms with Gasteiger partial charge in [-0.15, -0.1) is 12.4 Å². The highest BCUT2D eigenvalue weighted by Gasteiger charge is 2.39. The number of hydrogen-bond donors (Lipinski definition) is 1. The maximum absolute atomic E-state index is 5.47. The first-order chi connectivity index (χ1) is 7.30. The second-order valence-corrected chi connectivity index (χ2v) is 4.80. The maximum Gasteiger partial charge on any atom is 0.0475 e. The van der Waals surface area contributed by atoms with Gasteiger partial charge in [-0.05, 0) is 31.4 Å². The van der Waals surface area contributed by atoms with Gasteiger partial charge in [0.1, 0.15) is 0 Å². The van der Waals surface area contributed by atoms with Crippen molar-refractivity contribution >= 4 is 18.1 Å². The van der Waals surface area contributed by atoms with Crippen LogP contribution in [0.25, 0.3) is 0 Å². The number of benzene rings is 1. The van der Waals surface area contributed by atoms with E-state index in [1.165, 1.54) is 16.8 Å². The standard InChI is InChI=1S/C13H17NO.ClH/c1-10-2-3-12-11(8-10)13(9-14-12)4-6-15-7-5-13;/h2-3,8,14H,4-7,9H2,1H3;1H. The van der Waals surface area contributed by atoms with Crippen molar-refractivity contribution in [3.8, 4) is 0 Å². The van der Waals surface area contributed by atoms with E-state index in [4.69, 9.17) is 4.74 Å². The van der Waals surface area contributed by atoms with Gasteiger partial charge in [-0.2, -0.15) is 0 Å². The van der Waals surface area contributed by atoms with Crippen LogP contribution in [0.3, 0.4) is 0 Å². The van der Waals surface area contributed by atoms with E-state index in [1.54, 1.807) is 0 Å². The van der Waals surface area contributed by atoms with Crippen molar-refractivity contribution in [2.45, 2.75) is 25.2 Å². The van der Waals surface area contributed by atoms with Gasteiger partial charge in [-0.3, -0.25) is 0 Å². The summed E-state index contributed by atoms with van der Waals surface area (Å²) >= 11 is 0. The number of anilines is 1. The van der Waals surface area contributed by atoms with Gasteiger partial charge >= 0.3 is 0 Å². The van der Waals surface area contributed by atoms with Crippen molar-refractivity contribution in [2.24, 2.45) is 0 Å². The quantitative estimate of drug-likeness (QED) is 0.752. The summed E-state index contributed by atoms with van der Waals surface area (Å²) < 4.78 is 5.47. The molecule has 0 unspecified atom stereocenters. The Balaban J connectivity index is 0.000000963. The third kappa shape index (κ3) is 1.70. The van der Waals surface area contributed by atoms with Crippen LogP contribution in [0.2, 0.25) is 0 Å². The number of halogens is 1. The molecule has 0 radical (unpaired) electrons. The second kappa shape index (κ2) is 4.27. The molecule has 1 saturated heterocycles. The number of rotatable bonds is 0. The molecule has 0 saturated carbocycles. The predicted octanol–water partition coefficient (Wildman–Crippen LogP) is 2.89. The molecule has 2 aliphatic rings. The maximum atomic E-state index is 5.47. The van der Waals surface area contributed by atoms with E-state index in [1.807, 2.05) is 0 Å². The predicted molar refractivity (Wildman–Crippen MR) is 68.6 cm³/mol. The van der Waals surface area contributed by atoms with Gasteiger partial charge in [0, 0.05) is 30.9 Å². The lowest BCUT2D eigenvalue weighted by atomic mass is 9.75. The molecule has 2 nitrogen and oxygen atoms in total. The molecule has 88 valence electrons. The zero-order valence-electron chi connectivity index (χ0n) is 9.58. The van der Waals surface area contributed by atoms with E-state index in [0.29, 0.717) is 5.41 Å². The number of hydrogen-bond acceptors (Lipinski definition) is 2. The van der Waals surface area contributed by atoms with Crippen molar-refractivity contribution < 1.29 is 4.74 Å². The topological polar surface area (TPSA) is 21.3 Å². The normalized spacial score (nSPS) is 21.1. The van der Waals surface area contributed by atoms with Gasteiger partial charge in [0.25, 0.3) is 0 Å². The lowest BCUT2D eigenvalue weighted by molar-refractivity contribution is 0.0567. The molecule has 1 aromatic carbocycles. The molecule has 16 heavy (non-hydrogen) atoms. The first-order valence-electron chi connectivity index (χ1n) is 5.73. The average Bonchev–Trinajstić information content (AvgIpc) is 2.59. The molecule has 0 aromatic heterocycles. The number of ether oxygens (including phenoxy) is 1. The molecule has 0 bridgehead atoms. The Morgan fingerprint density at radius 2 is 2.00 bits per heavy atom. The Hall–Kier alpha value is -0.730. The summed E-state index contributed by atoms with van der Waals surface area (Å²) in [5.74, 6) is 0. The summed E-state index contributed by atoms with van der Waals surface area (Å²) in [4.78, 5) is 0. The largest absolute Gasteiger partial charge is 0.384 e. The minimum atomic E-state index is 0. The van der Waals surface area contributed by atoms with Crippen LogP contribution in [0.4, 0.5) is 5.69 Å². The van der Waals surface area contributed by atoms with Gasteiger partial charge in [-0.1, -0.05) is 17.7 Å². The number of aryl methyl sites for hydroxylation is 1. The number of nitrogens with one attached hydrogen (secondary N) is 1. The molecule has 1 spiro atoms. The van der Waals surface area contributed by atoms with E-state index in [-0.39, 0.29) is 12.4 Å². The fourth-order valence-electron chi connectivity index (χ4n) is 2.82. The fourth-order valence-corrected chi connectivity index (χ4v) is 2.82. The number of fused-ring (bicyclic) bond motifs is 2. The molecule has 2 heterocycles. The zero-order valence-corrected chi connectivity index (χ0v) is 10.4. The third-order valence-corrected chi connectivity index (χ3v) is 3.81. The lowest BCUT2D eigenvalue weighted by Gasteiger charge is -2.33. The van der Waals surface area contributed by atoms with Crippen molar-refractivity contribution in [1.82, 2.24) is 0 Å². The molecule has 0 aliphatic carbocycles. The highest BCUT2D eigenvalue weighted by atomic mass is 35.5. The van der Waals surface area contributed by atoms with E-state index in [0.717, 1.165) is 32.6 Å². The summed E-state index contributed by atoms with van der Waals surface area (Å²) in [5, 5.41) is 3.53. The van der Waals surface area contributed by atoms with Crippen LogP contribution in [0.5, 0.6) is 0 Å². The molecule has 0 amide bonds. The molecule has 3 heteroatoms. The van der Waals surface area contributed by atoms with Crippen molar-refractivity contribution in [1.29, 1.82) is 0 Å². The van der Waals surface area contributed by atoms with E-state index in [2.05, 4.69) is 30.4 Å². The Morgan fingerprint density at radius 1 is 1.25 bits per heavy atom. The fraction of sp³-hybridized carbons (Fsp3) is 0.538. The van der Waals surface area contributed by atoms with Crippen LogP contribution in [0, 0.1) is 6.92 Å². The summed E-state index contributed by atoms with van der Waals surface area (Å²) in [6.45, 7) is 5.09. The van der Waals surface area contributed by atoms with E-state index >= 15 is 0 Å². The minimum absolute atomic E-state index is 0. The first kappa shape index (κ1) is 11.7. The lowest BCUT2D eigenvalue weighted by Crippen LogP contribution is -2.35. The summed E-state index contributed by atoms with van der Waals surface area (Å²) in [6.07, 6.45) is 2.33. The molecular formula is C13H18ClNO. The van der Waals surface area contributed by atoms with Crippen molar-refractivity contribution in [3.05, 3.63) is 29.3 Å². The minimum Gasteiger partial charge on any atom is -0.384 e. The summed E-state index contributed by atoms with van der Waals surface area (Å²) in [5.41, 5.74) is 4.58. The molecule has 1 N–H and O–H groups in total. The Bertz CT molecular complexity index is 380. The van der Waals surface area contributed by atoms with Crippen molar-refractivity contribution in [2.75, 3.05) is 25.1 Å². The van der Waals surface area contributed by atoms with Gasteiger partial charge in [-0.25, -0.2) is 0 Å². The van der Waals surface area contributed by atoms with Crippen LogP contribution < -0.4 is 5.32 Å². The highest BCUT2D eigenvalue weighted by Crippen LogP contribution is 2.43. The van der Waals surface area contributed by atoms with Gasteiger partial charge in [0.05, 0.1) is 0 Å². The third-order valence-electron chi connectivity index (χ3n) is 3.81. The van der Waals surface area contributed by atoms with Crippen LogP contribution in [-0.4, -0.2) is 19.8 Å². The van der Waals surface area contributed by atoms with Crippen LogP contribution in [-0.2, 0) is 10.2 Å². The van der Waals surface area contributed by atoms with Crippen LogP contribution in [0.1, 0.15) is 24.0 Å². The van der Waals surface area contributed by atoms with Crippen LogP contribution in [0.15, 0.2) is 18.2 Å². The first-order valence-corrected chi connectivity index (χ1v) is 5.73. The zero-order chi connectivity index (χ0) is 10.3. The molecule has 0 atom stereocenters. The van der Waals surface area contributed by atoms with Crippen LogP contribution >= 0.6 is 12.4 Å². The van der Waals surface area contributed by atoms with Gasteiger partial charge < -0.3 is 10.1 Å². The monoisotopic (exact) mass is 239 g/mol. The SMILES string of the molecule is Cc1ccc2c(c1)C1(CCOCC1)CN2.Cl.